The fourth-order valence-corrected chi connectivity index (χ4v) is 3.40. The van der Waals surface area contributed by atoms with Crippen molar-refractivity contribution >= 4 is 0 Å². The Morgan fingerprint density at radius 3 is 2.48 bits per heavy atom. The third-order valence-corrected chi connectivity index (χ3v) is 4.76. The molecule has 1 aliphatic rings. The van der Waals surface area contributed by atoms with E-state index < -0.39 is 0 Å². The molecular weight excluding hydrogens is 256 g/mol. The Morgan fingerprint density at radius 2 is 1.90 bits per heavy atom. The molecule has 0 bridgehead atoms. The molecule has 2 aromatic rings. The molecule has 3 rings (SSSR count). The van der Waals surface area contributed by atoms with Gasteiger partial charge in [0.05, 0.1) is 0 Å². The fourth-order valence-electron chi connectivity index (χ4n) is 3.40. The van der Waals surface area contributed by atoms with Crippen molar-refractivity contribution < 1.29 is 0 Å². The number of hydrogen-bond donors (Lipinski definition) is 1. The van der Waals surface area contributed by atoms with Crippen LogP contribution in [0.15, 0.2) is 36.4 Å². The Bertz CT molecular complexity index is 594. The lowest BCUT2D eigenvalue weighted by Crippen LogP contribution is -2.22. The first-order chi connectivity index (χ1) is 10.2. The number of hydrogen-bond acceptors (Lipinski definition) is 1. The highest BCUT2D eigenvalue weighted by atomic mass is 15.0. The van der Waals surface area contributed by atoms with E-state index in [9.17, 15) is 0 Å². The van der Waals surface area contributed by atoms with Crippen LogP contribution in [-0.2, 0) is 13.1 Å². The zero-order valence-corrected chi connectivity index (χ0v) is 13.4. The van der Waals surface area contributed by atoms with Crippen LogP contribution in [-0.4, -0.2) is 4.57 Å². The van der Waals surface area contributed by atoms with Crippen molar-refractivity contribution in [3.05, 3.63) is 58.9 Å². The van der Waals surface area contributed by atoms with Crippen LogP contribution in [0.3, 0.4) is 0 Å². The van der Waals surface area contributed by atoms with Crippen molar-refractivity contribution in [1.82, 2.24) is 9.88 Å². The van der Waals surface area contributed by atoms with Crippen LogP contribution in [0.5, 0.6) is 0 Å². The molecule has 1 aromatic heterocycles. The largest absolute Gasteiger partial charge is 0.349 e. The molecule has 0 amide bonds. The van der Waals surface area contributed by atoms with E-state index in [1.807, 2.05) is 0 Å². The molecule has 1 saturated carbocycles. The number of nitrogens with zero attached hydrogens (tertiary/aromatic N) is 1. The lowest BCUT2D eigenvalue weighted by atomic mass is 10.0. The Balaban J connectivity index is 1.73. The van der Waals surface area contributed by atoms with E-state index >= 15 is 0 Å². The third kappa shape index (κ3) is 3.06. The molecule has 1 atom stereocenters. The van der Waals surface area contributed by atoms with E-state index in [-0.39, 0.29) is 0 Å². The first-order valence-corrected chi connectivity index (χ1v) is 8.14. The molecule has 21 heavy (non-hydrogen) atoms. The number of benzene rings is 1. The van der Waals surface area contributed by atoms with Gasteiger partial charge in [0.15, 0.2) is 0 Å². The maximum Gasteiger partial charge on any atom is 0.0351 e. The number of nitrogens with one attached hydrogen (secondary N) is 1. The van der Waals surface area contributed by atoms with E-state index in [4.69, 9.17) is 0 Å². The lowest BCUT2D eigenvalue weighted by molar-refractivity contribution is 0.479. The second-order valence-corrected chi connectivity index (χ2v) is 6.25. The summed E-state index contributed by atoms with van der Waals surface area (Å²) in [6.45, 7) is 8.68. The van der Waals surface area contributed by atoms with Crippen LogP contribution in [0, 0.1) is 19.8 Å². The summed E-state index contributed by atoms with van der Waals surface area (Å²) in [5.74, 6) is 0.821. The summed E-state index contributed by atoms with van der Waals surface area (Å²) >= 11 is 0. The van der Waals surface area contributed by atoms with Crippen molar-refractivity contribution in [2.45, 2.75) is 52.7 Å². The number of aromatic nitrogens is 1. The van der Waals surface area contributed by atoms with Gasteiger partial charge in [-0.15, -0.1) is 0 Å². The van der Waals surface area contributed by atoms with Gasteiger partial charge in [0.2, 0.25) is 0 Å². The van der Waals surface area contributed by atoms with E-state index in [1.54, 1.807) is 0 Å². The molecule has 0 saturated heterocycles. The van der Waals surface area contributed by atoms with Gasteiger partial charge in [0.25, 0.3) is 0 Å². The average molecular weight is 282 g/mol. The SMILES string of the molecule is CCn1c(C)cc(CNC(c2ccccc2)C2CC2)c1C. The van der Waals surface area contributed by atoms with Gasteiger partial charge >= 0.3 is 0 Å². The van der Waals surface area contributed by atoms with Crippen LogP contribution in [0.1, 0.15) is 48.3 Å². The summed E-state index contributed by atoms with van der Waals surface area (Å²) in [6.07, 6.45) is 2.72. The number of aryl methyl sites for hydroxylation is 1. The molecule has 1 aliphatic carbocycles. The highest BCUT2D eigenvalue weighted by Crippen LogP contribution is 2.41. The maximum absolute atomic E-state index is 3.81. The zero-order valence-electron chi connectivity index (χ0n) is 13.4. The van der Waals surface area contributed by atoms with Gasteiger partial charge in [-0.1, -0.05) is 30.3 Å². The molecule has 1 unspecified atom stereocenters. The second kappa shape index (κ2) is 6.07. The predicted octanol–water partition coefficient (Wildman–Crippen LogP) is 4.37. The molecule has 1 heterocycles. The Morgan fingerprint density at radius 1 is 1.19 bits per heavy atom. The van der Waals surface area contributed by atoms with E-state index in [1.165, 1.54) is 35.4 Å². The van der Waals surface area contributed by atoms with Crippen molar-refractivity contribution in [1.29, 1.82) is 0 Å². The topological polar surface area (TPSA) is 17.0 Å². The molecule has 1 fully saturated rings. The van der Waals surface area contributed by atoms with Gasteiger partial charge in [-0.25, -0.2) is 0 Å². The summed E-state index contributed by atoms with van der Waals surface area (Å²) in [5, 5.41) is 3.81. The first kappa shape index (κ1) is 14.4. The highest BCUT2D eigenvalue weighted by Gasteiger charge is 2.31. The summed E-state index contributed by atoms with van der Waals surface area (Å²) in [4.78, 5) is 0. The van der Waals surface area contributed by atoms with Gasteiger partial charge in [-0.05, 0) is 56.7 Å². The minimum atomic E-state index is 0.510. The standard InChI is InChI=1S/C19H26N2/c1-4-21-14(2)12-18(15(21)3)13-20-19(17-10-11-17)16-8-6-5-7-9-16/h5-9,12,17,19-20H,4,10-11,13H2,1-3H3. The molecule has 2 nitrogen and oxygen atoms in total. The molecule has 2 heteroatoms. The molecule has 1 N–H and O–H groups in total. The lowest BCUT2D eigenvalue weighted by Gasteiger charge is -2.19. The summed E-state index contributed by atoms with van der Waals surface area (Å²) < 4.78 is 2.39. The van der Waals surface area contributed by atoms with Crippen LogP contribution in [0.4, 0.5) is 0 Å². The van der Waals surface area contributed by atoms with E-state index in [2.05, 4.69) is 67.1 Å². The van der Waals surface area contributed by atoms with Crippen molar-refractivity contribution in [3.63, 3.8) is 0 Å². The molecule has 0 spiro atoms. The monoisotopic (exact) mass is 282 g/mol. The average Bonchev–Trinajstić information content (AvgIpc) is 3.28. The minimum Gasteiger partial charge on any atom is -0.349 e. The van der Waals surface area contributed by atoms with Gasteiger partial charge < -0.3 is 9.88 Å². The Kier molecular flexibility index (Phi) is 4.16. The molecule has 0 aliphatic heterocycles. The van der Waals surface area contributed by atoms with Crippen LogP contribution in [0.25, 0.3) is 0 Å². The fraction of sp³-hybridized carbons (Fsp3) is 0.474. The van der Waals surface area contributed by atoms with Crippen molar-refractivity contribution in [2.75, 3.05) is 0 Å². The van der Waals surface area contributed by atoms with Crippen LogP contribution in [0.2, 0.25) is 0 Å². The minimum absolute atomic E-state index is 0.510. The van der Waals surface area contributed by atoms with Gasteiger partial charge in [-0.2, -0.15) is 0 Å². The second-order valence-electron chi connectivity index (χ2n) is 6.25. The van der Waals surface area contributed by atoms with Gasteiger partial charge in [0, 0.05) is 30.5 Å². The Hall–Kier alpha value is -1.54. The van der Waals surface area contributed by atoms with Gasteiger partial charge in [0.1, 0.15) is 0 Å². The highest BCUT2D eigenvalue weighted by molar-refractivity contribution is 5.27. The van der Waals surface area contributed by atoms with Gasteiger partial charge in [-0.3, -0.25) is 0 Å². The predicted molar refractivity (Wildman–Crippen MR) is 88.3 cm³/mol. The van der Waals surface area contributed by atoms with E-state index in [0.29, 0.717) is 6.04 Å². The molecule has 1 aromatic carbocycles. The normalized spacial score (nSPS) is 16.1. The molecule has 112 valence electrons. The smallest absolute Gasteiger partial charge is 0.0351 e. The summed E-state index contributed by atoms with van der Waals surface area (Å²) in [5.41, 5.74) is 5.65. The van der Waals surface area contributed by atoms with E-state index in [0.717, 1.165) is 19.0 Å². The van der Waals surface area contributed by atoms with Crippen LogP contribution >= 0.6 is 0 Å². The quantitative estimate of drug-likeness (QED) is 0.832. The van der Waals surface area contributed by atoms with Crippen molar-refractivity contribution in [3.8, 4) is 0 Å². The summed E-state index contributed by atoms with van der Waals surface area (Å²) in [6, 6.07) is 13.8. The zero-order chi connectivity index (χ0) is 14.8. The number of rotatable bonds is 6. The third-order valence-electron chi connectivity index (χ3n) is 4.76. The maximum atomic E-state index is 3.81. The van der Waals surface area contributed by atoms with Crippen molar-refractivity contribution in [2.24, 2.45) is 5.92 Å². The van der Waals surface area contributed by atoms with Crippen LogP contribution < -0.4 is 5.32 Å². The Labute approximate surface area is 128 Å². The molecule has 0 radical (unpaired) electrons. The summed E-state index contributed by atoms with van der Waals surface area (Å²) in [7, 11) is 0. The molecular formula is C19H26N2. The first-order valence-electron chi connectivity index (χ1n) is 8.14.